The molecular formula is C18H17FN4O2. The SMILES string of the molecule is Cc1ccc(O[C@@H](C)C(=O)Nc2n[nH]c(-c3ccc(F)cc3)n2)cc1. The minimum atomic E-state index is -0.713. The second-order valence-electron chi connectivity index (χ2n) is 5.58. The summed E-state index contributed by atoms with van der Waals surface area (Å²) in [5.41, 5.74) is 1.77. The second kappa shape index (κ2) is 7.12. The number of carbonyl (C=O) groups is 1. The lowest BCUT2D eigenvalue weighted by molar-refractivity contribution is -0.122. The van der Waals surface area contributed by atoms with Crippen LogP contribution in [0.3, 0.4) is 0 Å². The molecule has 1 amide bonds. The van der Waals surface area contributed by atoms with Crippen LogP contribution in [0.25, 0.3) is 11.4 Å². The molecule has 3 aromatic rings. The lowest BCUT2D eigenvalue weighted by atomic mass is 10.2. The summed E-state index contributed by atoms with van der Waals surface area (Å²) in [5, 5.41) is 9.22. The van der Waals surface area contributed by atoms with Gasteiger partial charge in [0.15, 0.2) is 11.9 Å². The number of nitrogens with one attached hydrogen (secondary N) is 2. The normalized spacial score (nSPS) is 11.8. The average molecular weight is 340 g/mol. The van der Waals surface area contributed by atoms with Gasteiger partial charge in [-0.1, -0.05) is 17.7 Å². The van der Waals surface area contributed by atoms with Gasteiger partial charge < -0.3 is 4.74 Å². The summed E-state index contributed by atoms with van der Waals surface area (Å²) in [4.78, 5) is 16.4. The van der Waals surface area contributed by atoms with E-state index in [1.807, 2.05) is 19.1 Å². The van der Waals surface area contributed by atoms with Gasteiger partial charge in [-0.05, 0) is 50.2 Å². The molecule has 0 saturated carbocycles. The minimum Gasteiger partial charge on any atom is -0.481 e. The quantitative estimate of drug-likeness (QED) is 0.747. The highest BCUT2D eigenvalue weighted by Crippen LogP contribution is 2.17. The van der Waals surface area contributed by atoms with Crippen molar-refractivity contribution < 1.29 is 13.9 Å². The highest BCUT2D eigenvalue weighted by molar-refractivity contribution is 5.92. The van der Waals surface area contributed by atoms with Crippen LogP contribution in [0, 0.1) is 12.7 Å². The van der Waals surface area contributed by atoms with Gasteiger partial charge in [0.25, 0.3) is 5.91 Å². The predicted molar refractivity (Wildman–Crippen MR) is 91.7 cm³/mol. The van der Waals surface area contributed by atoms with Crippen molar-refractivity contribution in [1.82, 2.24) is 15.2 Å². The predicted octanol–water partition coefficient (Wildman–Crippen LogP) is 3.33. The molecule has 6 nitrogen and oxygen atoms in total. The third kappa shape index (κ3) is 4.20. The highest BCUT2D eigenvalue weighted by atomic mass is 19.1. The number of carbonyl (C=O) groups excluding carboxylic acids is 1. The molecule has 0 aliphatic rings. The topological polar surface area (TPSA) is 79.9 Å². The fraction of sp³-hybridized carbons (Fsp3) is 0.167. The molecule has 0 bridgehead atoms. The van der Waals surface area contributed by atoms with E-state index in [4.69, 9.17) is 4.74 Å². The van der Waals surface area contributed by atoms with Crippen LogP contribution >= 0.6 is 0 Å². The number of rotatable bonds is 5. The lowest BCUT2D eigenvalue weighted by Crippen LogP contribution is -2.30. The molecular weight excluding hydrogens is 323 g/mol. The number of ether oxygens (including phenoxy) is 1. The molecule has 1 heterocycles. The molecule has 0 aliphatic heterocycles. The maximum atomic E-state index is 13.0. The minimum absolute atomic E-state index is 0.128. The molecule has 2 N–H and O–H groups in total. The van der Waals surface area contributed by atoms with Crippen molar-refractivity contribution in [3.05, 3.63) is 59.9 Å². The van der Waals surface area contributed by atoms with Crippen molar-refractivity contribution in [2.75, 3.05) is 5.32 Å². The summed E-state index contributed by atoms with van der Waals surface area (Å²) in [7, 11) is 0. The van der Waals surface area contributed by atoms with Crippen LogP contribution in [-0.2, 0) is 4.79 Å². The van der Waals surface area contributed by atoms with Crippen molar-refractivity contribution in [3.8, 4) is 17.1 Å². The molecule has 0 radical (unpaired) electrons. The zero-order valence-corrected chi connectivity index (χ0v) is 13.8. The van der Waals surface area contributed by atoms with E-state index in [1.165, 1.54) is 12.1 Å². The molecule has 0 spiro atoms. The first-order valence-electron chi connectivity index (χ1n) is 7.74. The Morgan fingerprint density at radius 3 is 2.52 bits per heavy atom. The smallest absolute Gasteiger partial charge is 0.267 e. The third-order valence-corrected chi connectivity index (χ3v) is 3.54. The standard InChI is InChI=1S/C18H17FN4O2/c1-11-3-9-15(10-4-11)25-12(2)17(24)21-18-20-16(22-23-18)13-5-7-14(19)8-6-13/h3-10,12H,1-2H3,(H2,20,21,22,23,24)/t12-/m0/s1. The van der Waals surface area contributed by atoms with Gasteiger partial charge in [-0.2, -0.15) is 4.98 Å². The number of hydrogen-bond acceptors (Lipinski definition) is 4. The highest BCUT2D eigenvalue weighted by Gasteiger charge is 2.17. The zero-order chi connectivity index (χ0) is 17.8. The van der Waals surface area contributed by atoms with Crippen LogP contribution in [0.4, 0.5) is 10.3 Å². The van der Waals surface area contributed by atoms with Gasteiger partial charge in [0.2, 0.25) is 5.95 Å². The van der Waals surface area contributed by atoms with Gasteiger partial charge in [0, 0.05) is 5.56 Å². The molecule has 1 atom stereocenters. The molecule has 0 aliphatic carbocycles. The molecule has 2 aromatic carbocycles. The van der Waals surface area contributed by atoms with Crippen molar-refractivity contribution in [1.29, 1.82) is 0 Å². The maximum Gasteiger partial charge on any atom is 0.267 e. The molecule has 128 valence electrons. The van der Waals surface area contributed by atoms with Crippen molar-refractivity contribution in [2.24, 2.45) is 0 Å². The number of H-pyrrole nitrogens is 1. The molecule has 0 fully saturated rings. The molecule has 0 saturated heterocycles. The van der Waals surface area contributed by atoms with Crippen LogP contribution in [0.2, 0.25) is 0 Å². The van der Waals surface area contributed by atoms with E-state index in [2.05, 4.69) is 20.5 Å². The van der Waals surface area contributed by atoms with Crippen LogP contribution in [-0.4, -0.2) is 27.2 Å². The summed E-state index contributed by atoms with van der Waals surface area (Å²) in [6.45, 7) is 3.62. The average Bonchev–Trinajstić information content (AvgIpc) is 3.06. The van der Waals surface area contributed by atoms with E-state index < -0.39 is 6.10 Å². The maximum absolute atomic E-state index is 13.0. The van der Waals surface area contributed by atoms with E-state index in [9.17, 15) is 9.18 Å². The Morgan fingerprint density at radius 1 is 1.16 bits per heavy atom. The van der Waals surface area contributed by atoms with Crippen molar-refractivity contribution >= 4 is 11.9 Å². The number of nitrogens with zero attached hydrogens (tertiary/aromatic N) is 2. The number of aryl methyl sites for hydroxylation is 1. The van der Waals surface area contributed by atoms with Gasteiger partial charge in [0.1, 0.15) is 11.6 Å². The van der Waals surface area contributed by atoms with Gasteiger partial charge >= 0.3 is 0 Å². The molecule has 1 aromatic heterocycles. The van der Waals surface area contributed by atoms with Gasteiger partial charge in [-0.25, -0.2) is 4.39 Å². The van der Waals surface area contributed by atoms with Crippen molar-refractivity contribution in [2.45, 2.75) is 20.0 Å². The molecule has 3 rings (SSSR count). The van der Waals surface area contributed by atoms with Gasteiger partial charge in [-0.3, -0.25) is 15.2 Å². The summed E-state index contributed by atoms with van der Waals surface area (Å²) < 4.78 is 18.5. The summed E-state index contributed by atoms with van der Waals surface area (Å²) in [6, 6.07) is 13.2. The monoisotopic (exact) mass is 340 g/mol. The Kier molecular flexibility index (Phi) is 4.74. The van der Waals surface area contributed by atoms with Crippen LogP contribution in [0.1, 0.15) is 12.5 Å². The second-order valence-corrected chi connectivity index (χ2v) is 5.58. The number of anilines is 1. The van der Waals surface area contributed by atoms with Gasteiger partial charge in [-0.15, -0.1) is 5.10 Å². The molecule has 25 heavy (non-hydrogen) atoms. The Bertz CT molecular complexity index is 860. The number of benzene rings is 2. The Hall–Kier alpha value is -3.22. The first-order chi connectivity index (χ1) is 12.0. The first-order valence-corrected chi connectivity index (χ1v) is 7.74. The van der Waals surface area contributed by atoms with E-state index in [0.29, 0.717) is 17.1 Å². The summed E-state index contributed by atoms with van der Waals surface area (Å²) >= 11 is 0. The molecule has 7 heteroatoms. The summed E-state index contributed by atoms with van der Waals surface area (Å²) in [5.74, 6) is 0.463. The third-order valence-electron chi connectivity index (χ3n) is 3.54. The number of amides is 1. The number of hydrogen-bond donors (Lipinski definition) is 2. The van der Waals surface area contributed by atoms with Crippen LogP contribution in [0.15, 0.2) is 48.5 Å². The van der Waals surface area contributed by atoms with E-state index in [1.54, 1.807) is 31.2 Å². The summed E-state index contributed by atoms with van der Waals surface area (Å²) in [6.07, 6.45) is -0.713. The van der Waals surface area contributed by atoms with Crippen LogP contribution in [0.5, 0.6) is 5.75 Å². The largest absolute Gasteiger partial charge is 0.481 e. The van der Waals surface area contributed by atoms with Gasteiger partial charge in [0.05, 0.1) is 0 Å². The number of aromatic amines is 1. The zero-order valence-electron chi connectivity index (χ0n) is 13.8. The van der Waals surface area contributed by atoms with E-state index >= 15 is 0 Å². The Balaban J connectivity index is 1.62. The van der Waals surface area contributed by atoms with E-state index in [0.717, 1.165) is 5.56 Å². The van der Waals surface area contributed by atoms with E-state index in [-0.39, 0.29) is 17.7 Å². The number of halogens is 1. The van der Waals surface area contributed by atoms with Crippen LogP contribution < -0.4 is 10.1 Å². The lowest BCUT2D eigenvalue weighted by Gasteiger charge is -2.13. The fourth-order valence-electron chi connectivity index (χ4n) is 2.14. The first kappa shape index (κ1) is 16.6. The number of aromatic nitrogens is 3. The Morgan fingerprint density at radius 2 is 1.84 bits per heavy atom. The van der Waals surface area contributed by atoms with Crippen molar-refractivity contribution in [3.63, 3.8) is 0 Å². The Labute approximate surface area is 144 Å². The fourth-order valence-corrected chi connectivity index (χ4v) is 2.14. The molecule has 0 unspecified atom stereocenters.